The van der Waals surface area contributed by atoms with Gasteiger partial charge < -0.3 is 15.2 Å². The molecule has 8 nitrogen and oxygen atoms in total. The molecule has 3 rings (SSSR count). The minimum Gasteiger partial charge on any atom is -0.462 e. The highest BCUT2D eigenvalue weighted by Gasteiger charge is 2.39. The van der Waals surface area contributed by atoms with E-state index in [2.05, 4.69) is 0 Å². The lowest BCUT2D eigenvalue weighted by Crippen LogP contribution is -2.43. The van der Waals surface area contributed by atoms with Crippen LogP contribution in [0.5, 0.6) is 5.88 Å². The lowest BCUT2D eigenvalue weighted by Gasteiger charge is -2.28. The molecule has 1 atom stereocenters. The van der Waals surface area contributed by atoms with Crippen LogP contribution in [0.3, 0.4) is 0 Å². The van der Waals surface area contributed by atoms with Crippen LogP contribution in [0.2, 0.25) is 0 Å². The number of fused-ring (bicyclic) bond motifs is 1. The monoisotopic (exact) mass is 357 g/mol. The molecule has 1 aliphatic rings. The normalized spacial score (nSPS) is 16.0. The summed E-state index contributed by atoms with van der Waals surface area (Å²) in [5.41, 5.74) is 5.77. The van der Waals surface area contributed by atoms with E-state index in [4.69, 9.17) is 15.2 Å². The van der Waals surface area contributed by atoms with Crippen molar-refractivity contribution in [2.45, 2.75) is 12.8 Å². The minimum absolute atomic E-state index is 0.0255. The molecule has 0 saturated carbocycles. The predicted molar refractivity (Wildman–Crippen MR) is 93.7 cm³/mol. The highest BCUT2D eigenvalue weighted by molar-refractivity contribution is 5.92. The van der Waals surface area contributed by atoms with Crippen LogP contribution in [0.4, 0.5) is 0 Å². The lowest BCUT2D eigenvalue weighted by molar-refractivity contribution is -0.139. The van der Waals surface area contributed by atoms with Gasteiger partial charge in [-0.2, -0.15) is 0 Å². The summed E-state index contributed by atoms with van der Waals surface area (Å²) in [5.74, 6) is -1.63. The number of aromatic nitrogens is 2. The topological polar surface area (TPSA) is 106 Å². The zero-order valence-corrected chi connectivity index (χ0v) is 14.7. The number of rotatable bonds is 3. The number of nitrogens with two attached hydrogens (primary N) is 1. The van der Waals surface area contributed by atoms with Crippen molar-refractivity contribution >= 4 is 5.97 Å². The standard InChI is InChI=1S/C18H19N3O5/c1-4-25-17(23)12-11(10-8-6-5-7-9-10)13-15(22)20(2)18(24)21(3)16(13)26-14(12)19/h5-9,11H,4,19H2,1-3H3/t11-/m0/s1. The Morgan fingerprint density at radius 3 is 2.46 bits per heavy atom. The summed E-state index contributed by atoms with van der Waals surface area (Å²) in [5, 5.41) is 0. The molecular weight excluding hydrogens is 338 g/mol. The number of hydrogen-bond donors (Lipinski definition) is 1. The second-order valence-electron chi connectivity index (χ2n) is 5.87. The Hall–Kier alpha value is -3.29. The molecule has 0 spiro atoms. The largest absolute Gasteiger partial charge is 0.462 e. The molecular formula is C18H19N3O5. The van der Waals surface area contributed by atoms with Crippen LogP contribution >= 0.6 is 0 Å². The van der Waals surface area contributed by atoms with Gasteiger partial charge in [-0.1, -0.05) is 30.3 Å². The number of benzene rings is 1. The fourth-order valence-corrected chi connectivity index (χ4v) is 3.07. The van der Waals surface area contributed by atoms with Crippen molar-refractivity contribution in [1.82, 2.24) is 9.13 Å². The molecule has 26 heavy (non-hydrogen) atoms. The van der Waals surface area contributed by atoms with Gasteiger partial charge in [0.25, 0.3) is 5.56 Å². The Kier molecular flexibility index (Phi) is 4.41. The van der Waals surface area contributed by atoms with Crippen molar-refractivity contribution < 1.29 is 14.3 Å². The number of carbonyl (C=O) groups is 1. The van der Waals surface area contributed by atoms with E-state index >= 15 is 0 Å². The molecule has 2 heterocycles. The van der Waals surface area contributed by atoms with Crippen LogP contribution in [-0.4, -0.2) is 21.7 Å². The molecule has 0 radical (unpaired) electrons. The van der Waals surface area contributed by atoms with Gasteiger partial charge in [-0.25, -0.2) is 9.59 Å². The van der Waals surface area contributed by atoms with Crippen molar-refractivity contribution in [1.29, 1.82) is 0 Å². The van der Waals surface area contributed by atoms with Crippen molar-refractivity contribution in [3.8, 4) is 5.88 Å². The molecule has 1 aromatic heterocycles. The Balaban J connectivity index is 2.38. The summed E-state index contributed by atoms with van der Waals surface area (Å²) in [6, 6.07) is 8.94. The summed E-state index contributed by atoms with van der Waals surface area (Å²) in [6.45, 7) is 1.82. The number of hydrogen-bond acceptors (Lipinski definition) is 6. The van der Waals surface area contributed by atoms with Crippen LogP contribution in [-0.2, 0) is 23.6 Å². The summed E-state index contributed by atoms with van der Waals surface area (Å²) in [4.78, 5) is 37.6. The molecule has 8 heteroatoms. The SMILES string of the molecule is CCOC(=O)C1=C(N)Oc2c(c(=O)n(C)c(=O)n2C)[C@H]1c1ccccc1. The Morgan fingerprint density at radius 1 is 1.19 bits per heavy atom. The van der Waals surface area contributed by atoms with E-state index in [1.54, 1.807) is 31.2 Å². The first-order valence-electron chi connectivity index (χ1n) is 8.07. The maximum atomic E-state index is 12.9. The van der Waals surface area contributed by atoms with Gasteiger partial charge in [0, 0.05) is 14.1 Å². The number of nitrogens with zero attached hydrogens (tertiary/aromatic N) is 2. The zero-order chi connectivity index (χ0) is 19.0. The van der Waals surface area contributed by atoms with Gasteiger partial charge in [-0.05, 0) is 12.5 Å². The average molecular weight is 357 g/mol. The lowest BCUT2D eigenvalue weighted by atomic mass is 9.84. The molecule has 0 saturated heterocycles. The predicted octanol–water partition coefficient (Wildman–Crippen LogP) is 0.342. The first kappa shape index (κ1) is 17.5. The third-order valence-corrected chi connectivity index (χ3v) is 4.32. The molecule has 0 bridgehead atoms. The van der Waals surface area contributed by atoms with E-state index < -0.39 is 23.1 Å². The molecule has 0 fully saturated rings. The molecule has 0 unspecified atom stereocenters. The van der Waals surface area contributed by atoms with Crippen LogP contribution < -0.4 is 21.7 Å². The molecule has 2 N–H and O–H groups in total. The van der Waals surface area contributed by atoms with E-state index in [-0.39, 0.29) is 29.5 Å². The molecule has 1 aliphatic heterocycles. The maximum absolute atomic E-state index is 12.9. The highest BCUT2D eigenvalue weighted by Crippen LogP contribution is 2.39. The summed E-state index contributed by atoms with van der Waals surface area (Å²) in [6.07, 6.45) is 0. The molecule has 136 valence electrons. The van der Waals surface area contributed by atoms with Gasteiger partial charge in [0.15, 0.2) is 0 Å². The van der Waals surface area contributed by atoms with Crippen molar-refractivity contribution in [3.05, 3.63) is 73.8 Å². The molecule has 2 aromatic rings. The van der Waals surface area contributed by atoms with E-state index in [9.17, 15) is 14.4 Å². The third kappa shape index (κ3) is 2.59. The van der Waals surface area contributed by atoms with Gasteiger partial charge in [0.1, 0.15) is 5.57 Å². The number of esters is 1. The van der Waals surface area contributed by atoms with Crippen LogP contribution in [0.1, 0.15) is 24.0 Å². The average Bonchev–Trinajstić information content (AvgIpc) is 2.64. The van der Waals surface area contributed by atoms with Gasteiger partial charge in [-0.15, -0.1) is 0 Å². The number of carbonyl (C=O) groups excluding carboxylic acids is 1. The maximum Gasteiger partial charge on any atom is 0.340 e. The summed E-state index contributed by atoms with van der Waals surface area (Å²) < 4.78 is 12.8. The zero-order valence-electron chi connectivity index (χ0n) is 14.7. The van der Waals surface area contributed by atoms with Gasteiger partial charge >= 0.3 is 11.7 Å². The van der Waals surface area contributed by atoms with Crippen molar-refractivity contribution in [2.75, 3.05) is 6.61 Å². The smallest absolute Gasteiger partial charge is 0.340 e. The van der Waals surface area contributed by atoms with Crippen molar-refractivity contribution in [3.63, 3.8) is 0 Å². The Bertz CT molecular complexity index is 1020. The van der Waals surface area contributed by atoms with Gasteiger partial charge in [0.2, 0.25) is 11.8 Å². The number of ether oxygens (including phenoxy) is 2. The first-order chi connectivity index (χ1) is 12.4. The van der Waals surface area contributed by atoms with E-state index in [1.165, 1.54) is 18.7 Å². The van der Waals surface area contributed by atoms with Crippen molar-refractivity contribution in [2.24, 2.45) is 19.8 Å². The second kappa shape index (κ2) is 6.55. The molecule has 0 aliphatic carbocycles. The fourth-order valence-electron chi connectivity index (χ4n) is 3.07. The summed E-state index contributed by atoms with van der Waals surface area (Å²) >= 11 is 0. The van der Waals surface area contributed by atoms with Gasteiger partial charge in [-0.3, -0.25) is 13.9 Å². The Morgan fingerprint density at radius 2 is 1.85 bits per heavy atom. The fraction of sp³-hybridized carbons (Fsp3) is 0.278. The minimum atomic E-state index is -0.801. The Labute approximate surface area is 149 Å². The van der Waals surface area contributed by atoms with Crippen LogP contribution in [0.25, 0.3) is 0 Å². The molecule has 0 amide bonds. The third-order valence-electron chi connectivity index (χ3n) is 4.32. The second-order valence-corrected chi connectivity index (χ2v) is 5.87. The van der Waals surface area contributed by atoms with E-state index in [0.29, 0.717) is 5.56 Å². The highest BCUT2D eigenvalue weighted by atomic mass is 16.5. The summed E-state index contributed by atoms with van der Waals surface area (Å²) in [7, 11) is 2.85. The quantitative estimate of drug-likeness (QED) is 0.794. The van der Waals surface area contributed by atoms with E-state index in [0.717, 1.165) is 4.57 Å². The van der Waals surface area contributed by atoms with Crippen LogP contribution in [0, 0.1) is 0 Å². The molecule has 1 aromatic carbocycles. The van der Waals surface area contributed by atoms with E-state index in [1.807, 2.05) is 6.07 Å². The van der Waals surface area contributed by atoms with Gasteiger partial charge in [0.05, 0.1) is 18.1 Å². The first-order valence-corrected chi connectivity index (χ1v) is 8.07. The van der Waals surface area contributed by atoms with Crippen LogP contribution in [0.15, 0.2) is 51.4 Å².